The van der Waals surface area contributed by atoms with E-state index in [1.165, 1.54) is 7.11 Å². The topological polar surface area (TPSA) is 79.2 Å². The van der Waals surface area contributed by atoms with Crippen LogP contribution in [0.2, 0.25) is 0 Å². The van der Waals surface area contributed by atoms with Gasteiger partial charge in [-0.1, -0.05) is 13.8 Å². The maximum atomic E-state index is 10.4. The lowest BCUT2D eigenvalue weighted by atomic mass is 9.99. The number of benzene rings is 1. The third-order valence-electron chi connectivity index (χ3n) is 3.85. The lowest BCUT2D eigenvalue weighted by Gasteiger charge is -2.15. The van der Waals surface area contributed by atoms with Gasteiger partial charge in [0.25, 0.3) is 0 Å². The van der Waals surface area contributed by atoms with Gasteiger partial charge in [0.1, 0.15) is 0 Å². The second-order valence-corrected chi connectivity index (χ2v) is 7.37. The van der Waals surface area contributed by atoms with Crippen molar-refractivity contribution in [2.45, 2.75) is 38.9 Å². The second-order valence-electron chi connectivity index (χ2n) is 6.21. The maximum Gasteiger partial charge on any atom is 0.171 e. The number of methoxy groups -OCH3 is 2. The zero-order valence-electron chi connectivity index (χ0n) is 15.1. The Kier molecular flexibility index (Phi) is 9.53. The van der Waals surface area contributed by atoms with E-state index in [9.17, 15) is 15.3 Å². The maximum absolute atomic E-state index is 10.4. The van der Waals surface area contributed by atoms with Crippen molar-refractivity contribution in [2.75, 3.05) is 20.8 Å². The van der Waals surface area contributed by atoms with Gasteiger partial charge in [0, 0.05) is 20.0 Å². The van der Waals surface area contributed by atoms with Gasteiger partial charge in [-0.3, -0.25) is 0 Å². The van der Waals surface area contributed by atoms with Crippen LogP contribution in [0.3, 0.4) is 0 Å². The summed E-state index contributed by atoms with van der Waals surface area (Å²) in [7, 11) is 3.07. The van der Waals surface area contributed by atoms with E-state index in [-0.39, 0.29) is 11.7 Å². The van der Waals surface area contributed by atoms with E-state index < -0.39 is 12.2 Å². The largest absolute Gasteiger partial charge is 0.504 e. The molecule has 1 rings (SSSR count). The molecule has 0 aromatic heterocycles. The number of ether oxygens (including phenoxy) is 2. The second kappa shape index (κ2) is 10.8. The van der Waals surface area contributed by atoms with E-state index in [1.54, 1.807) is 25.3 Å². The molecular formula is C19H27IO5. The van der Waals surface area contributed by atoms with E-state index in [0.717, 1.165) is 5.57 Å². The summed E-state index contributed by atoms with van der Waals surface area (Å²) in [6.45, 7) is 4.31. The molecule has 2 atom stereocenters. The van der Waals surface area contributed by atoms with Crippen LogP contribution in [0.1, 0.15) is 38.4 Å². The van der Waals surface area contributed by atoms with E-state index in [4.69, 9.17) is 9.47 Å². The van der Waals surface area contributed by atoms with Gasteiger partial charge in [-0.05, 0) is 57.9 Å². The number of aliphatic hydroxyl groups excluding tert-OH is 2. The molecule has 0 radical (unpaired) electrons. The summed E-state index contributed by atoms with van der Waals surface area (Å²) in [6, 6.07) is 3.34. The molecule has 0 amide bonds. The number of halogens is 1. The van der Waals surface area contributed by atoms with Crippen LogP contribution in [0.5, 0.6) is 11.5 Å². The average molecular weight is 462 g/mol. The number of phenols is 1. The first-order chi connectivity index (χ1) is 11.8. The first kappa shape index (κ1) is 22.0. The van der Waals surface area contributed by atoms with Crippen LogP contribution in [0, 0.1) is 9.49 Å². The fourth-order valence-electron chi connectivity index (χ4n) is 2.21. The molecule has 0 bridgehead atoms. The molecule has 0 heterocycles. The standard InChI is InChI=1S/C19H27IO5/c1-12(2)17(22)8-13(11-24-3)6-5-7-16(21)14-9-15(20)19(23)18(10-14)25-4/h5,9-10,12,16-17,21-23H,7-8,11H2,1-4H3/t6?,16-,17-/m1/s1. The monoisotopic (exact) mass is 462 g/mol. The highest BCUT2D eigenvalue weighted by Gasteiger charge is 2.14. The van der Waals surface area contributed by atoms with Crippen molar-refractivity contribution in [2.24, 2.45) is 5.92 Å². The van der Waals surface area contributed by atoms with Gasteiger partial charge in [-0.2, -0.15) is 0 Å². The Bertz CT molecular complexity index is 620. The van der Waals surface area contributed by atoms with Gasteiger partial charge in [-0.15, -0.1) is 5.73 Å². The van der Waals surface area contributed by atoms with Crippen molar-refractivity contribution in [1.82, 2.24) is 0 Å². The van der Waals surface area contributed by atoms with Gasteiger partial charge in [0.05, 0.1) is 29.5 Å². The highest BCUT2D eigenvalue weighted by molar-refractivity contribution is 14.1. The molecule has 3 N–H and O–H groups in total. The van der Waals surface area contributed by atoms with Crippen LogP contribution in [0.4, 0.5) is 0 Å². The van der Waals surface area contributed by atoms with Crippen molar-refractivity contribution in [1.29, 1.82) is 0 Å². The summed E-state index contributed by atoms with van der Waals surface area (Å²) in [5, 5.41) is 30.2. The SMILES string of the molecule is COCC(=C=CC[C@@H](O)c1cc(I)c(O)c(OC)c1)C[C@@H](O)C(C)C. The molecule has 0 saturated carbocycles. The molecule has 0 spiro atoms. The smallest absolute Gasteiger partial charge is 0.171 e. The predicted molar refractivity (Wildman–Crippen MR) is 106 cm³/mol. The normalized spacial score (nSPS) is 13.3. The van der Waals surface area contributed by atoms with Crippen molar-refractivity contribution in [3.05, 3.63) is 38.6 Å². The molecule has 0 fully saturated rings. The molecule has 25 heavy (non-hydrogen) atoms. The van der Waals surface area contributed by atoms with E-state index >= 15 is 0 Å². The molecule has 0 aliphatic carbocycles. The lowest BCUT2D eigenvalue weighted by molar-refractivity contribution is 0.119. The quantitative estimate of drug-likeness (QED) is 0.387. The van der Waals surface area contributed by atoms with E-state index in [2.05, 4.69) is 5.73 Å². The minimum absolute atomic E-state index is 0.0690. The Balaban J connectivity index is 2.89. The molecular weight excluding hydrogens is 435 g/mol. The van der Waals surface area contributed by atoms with Crippen LogP contribution in [-0.2, 0) is 4.74 Å². The van der Waals surface area contributed by atoms with Crippen LogP contribution in [0.25, 0.3) is 0 Å². The van der Waals surface area contributed by atoms with Crippen LogP contribution >= 0.6 is 22.6 Å². The third kappa shape index (κ3) is 6.99. The summed E-state index contributed by atoms with van der Waals surface area (Å²) in [4.78, 5) is 0. The molecule has 140 valence electrons. The number of aromatic hydroxyl groups is 1. The summed E-state index contributed by atoms with van der Waals surface area (Å²) >= 11 is 2.00. The predicted octanol–water partition coefficient (Wildman–Crippen LogP) is 3.56. The van der Waals surface area contributed by atoms with Gasteiger partial charge >= 0.3 is 0 Å². The molecule has 1 aromatic rings. The molecule has 0 aliphatic rings. The Morgan fingerprint density at radius 1 is 1.28 bits per heavy atom. The molecule has 6 heteroatoms. The molecule has 0 unspecified atom stereocenters. The molecule has 1 aromatic carbocycles. The third-order valence-corrected chi connectivity index (χ3v) is 4.67. The Hall–Kier alpha value is -1.05. The van der Waals surface area contributed by atoms with Crippen molar-refractivity contribution in [3.8, 4) is 11.5 Å². The molecule has 0 aliphatic heterocycles. The van der Waals surface area contributed by atoms with Crippen molar-refractivity contribution < 1.29 is 24.8 Å². The minimum Gasteiger partial charge on any atom is -0.504 e. The van der Waals surface area contributed by atoms with Gasteiger partial charge < -0.3 is 24.8 Å². The number of aliphatic hydroxyl groups is 2. The molecule has 0 saturated heterocycles. The first-order valence-electron chi connectivity index (χ1n) is 8.14. The van der Waals surface area contributed by atoms with E-state index in [0.29, 0.717) is 34.3 Å². The number of phenolic OH excluding ortho intramolecular Hbond substituents is 1. The van der Waals surface area contributed by atoms with Crippen molar-refractivity contribution >= 4 is 22.6 Å². The summed E-state index contributed by atoms with van der Waals surface area (Å²) in [5.41, 5.74) is 4.64. The average Bonchev–Trinajstić information content (AvgIpc) is 2.56. The fraction of sp³-hybridized carbons (Fsp3) is 0.526. The van der Waals surface area contributed by atoms with Crippen LogP contribution in [0.15, 0.2) is 29.5 Å². The lowest BCUT2D eigenvalue weighted by Crippen LogP contribution is -2.16. The zero-order valence-corrected chi connectivity index (χ0v) is 17.3. The minimum atomic E-state index is -0.741. The van der Waals surface area contributed by atoms with E-state index in [1.807, 2.05) is 36.4 Å². The summed E-state index contributed by atoms with van der Waals surface area (Å²) in [6.07, 6.45) is 1.41. The Labute approximate surface area is 163 Å². The number of hydrogen-bond donors (Lipinski definition) is 3. The number of hydrogen-bond acceptors (Lipinski definition) is 5. The fourth-order valence-corrected chi connectivity index (χ4v) is 2.84. The summed E-state index contributed by atoms with van der Waals surface area (Å²) in [5.74, 6) is 0.561. The van der Waals surface area contributed by atoms with Crippen molar-refractivity contribution in [3.63, 3.8) is 0 Å². The molecule has 5 nitrogen and oxygen atoms in total. The highest BCUT2D eigenvalue weighted by atomic mass is 127. The summed E-state index contributed by atoms with van der Waals surface area (Å²) < 4.78 is 10.9. The number of rotatable bonds is 9. The first-order valence-corrected chi connectivity index (χ1v) is 9.22. The van der Waals surface area contributed by atoms with Gasteiger partial charge in [-0.25, -0.2) is 0 Å². The Morgan fingerprint density at radius 2 is 1.96 bits per heavy atom. The van der Waals surface area contributed by atoms with Gasteiger partial charge in [0.15, 0.2) is 11.5 Å². The Morgan fingerprint density at radius 3 is 2.52 bits per heavy atom. The van der Waals surface area contributed by atoms with Crippen LogP contribution in [-0.4, -0.2) is 42.3 Å². The highest BCUT2D eigenvalue weighted by Crippen LogP contribution is 2.35. The van der Waals surface area contributed by atoms with Crippen LogP contribution < -0.4 is 4.74 Å². The van der Waals surface area contributed by atoms with Gasteiger partial charge in [0.2, 0.25) is 0 Å². The zero-order chi connectivity index (χ0) is 19.0.